The van der Waals surface area contributed by atoms with Gasteiger partial charge in [-0.3, -0.25) is 0 Å². The topological polar surface area (TPSA) is 38.9 Å². The Balaban J connectivity index is 1.69. The molecule has 3 nitrogen and oxygen atoms in total. The maximum Gasteiger partial charge on any atom is 0.286 e. The first-order valence-corrected chi connectivity index (χ1v) is 7.37. The summed E-state index contributed by atoms with van der Waals surface area (Å²) < 4.78 is 5.27. The predicted molar refractivity (Wildman–Crippen MR) is 80.5 cm³/mol. The quantitative estimate of drug-likeness (QED) is 0.667. The Morgan fingerprint density at radius 3 is 2.50 bits per heavy atom. The molecule has 3 aromatic rings. The van der Waals surface area contributed by atoms with Crippen LogP contribution in [0.25, 0.3) is 11.4 Å². The molecule has 0 bridgehead atoms. The minimum absolute atomic E-state index is 0.601. The second kappa shape index (κ2) is 5.92. The summed E-state index contributed by atoms with van der Waals surface area (Å²) in [6.07, 6.45) is 0. The highest BCUT2D eigenvalue weighted by atomic mass is 32.2. The average molecular weight is 282 g/mol. The van der Waals surface area contributed by atoms with Crippen LogP contribution in [-0.2, 0) is 5.75 Å². The van der Waals surface area contributed by atoms with Crippen LogP contribution in [0.2, 0.25) is 0 Å². The third-order valence-corrected chi connectivity index (χ3v) is 3.81. The van der Waals surface area contributed by atoms with E-state index in [1.807, 2.05) is 42.5 Å². The van der Waals surface area contributed by atoms with E-state index in [4.69, 9.17) is 4.52 Å². The zero-order valence-electron chi connectivity index (χ0n) is 11.1. The van der Waals surface area contributed by atoms with Gasteiger partial charge in [-0.05, 0) is 12.5 Å². The fourth-order valence-corrected chi connectivity index (χ4v) is 2.53. The molecule has 0 aliphatic rings. The highest BCUT2D eigenvalue weighted by Crippen LogP contribution is 2.24. The molecule has 3 rings (SSSR count). The zero-order chi connectivity index (χ0) is 13.8. The number of rotatable bonds is 4. The zero-order valence-corrected chi connectivity index (χ0v) is 11.9. The van der Waals surface area contributed by atoms with Crippen LogP contribution in [0.1, 0.15) is 11.1 Å². The minimum atomic E-state index is 0.601. The number of thioether (sulfide) groups is 1. The Bertz CT molecular complexity index is 677. The molecule has 0 unspecified atom stereocenters. The molecule has 0 N–H and O–H groups in total. The van der Waals surface area contributed by atoms with E-state index in [0.29, 0.717) is 11.0 Å². The van der Waals surface area contributed by atoms with Gasteiger partial charge >= 0.3 is 0 Å². The van der Waals surface area contributed by atoms with Crippen molar-refractivity contribution in [3.8, 4) is 11.4 Å². The summed E-state index contributed by atoms with van der Waals surface area (Å²) in [5.41, 5.74) is 3.44. The van der Waals surface area contributed by atoms with Crippen LogP contribution in [0.15, 0.2) is 64.3 Å². The van der Waals surface area contributed by atoms with Gasteiger partial charge in [-0.1, -0.05) is 77.1 Å². The summed E-state index contributed by atoms with van der Waals surface area (Å²) in [6.45, 7) is 2.06. The molecule has 2 aromatic carbocycles. The van der Waals surface area contributed by atoms with Crippen molar-refractivity contribution in [3.63, 3.8) is 0 Å². The van der Waals surface area contributed by atoms with Crippen LogP contribution in [-0.4, -0.2) is 10.1 Å². The van der Waals surface area contributed by atoms with Crippen LogP contribution in [0.4, 0.5) is 0 Å². The van der Waals surface area contributed by atoms with Crippen LogP contribution < -0.4 is 0 Å². The normalized spacial score (nSPS) is 10.7. The van der Waals surface area contributed by atoms with Crippen molar-refractivity contribution >= 4 is 11.8 Å². The van der Waals surface area contributed by atoms with Gasteiger partial charge < -0.3 is 4.52 Å². The summed E-state index contributed by atoms with van der Waals surface area (Å²) in [7, 11) is 0. The molecule has 0 radical (unpaired) electrons. The minimum Gasteiger partial charge on any atom is -0.327 e. The second-order valence-electron chi connectivity index (χ2n) is 4.52. The summed E-state index contributed by atoms with van der Waals surface area (Å²) in [5.74, 6) is 1.47. The van der Waals surface area contributed by atoms with E-state index in [0.717, 1.165) is 11.3 Å². The van der Waals surface area contributed by atoms with Gasteiger partial charge in [-0.25, -0.2) is 0 Å². The van der Waals surface area contributed by atoms with Crippen molar-refractivity contribution in [1.82, 2.24) is 10.1 Å². The number of aryl methyl sites for hydroxylation is 1. The molecule has 0 spiro atoms. The van der Waals surface area contributed by atoms with Crippen molar-refractivity contribution in [2.75, 3.05) is 0 Å². The summed E-state index contributed by atoms with van der Waals surface area (Å²) in [4.78, 5) is 4.41. The number of hydrogen-bond donors (Lipinski definition) is 0. The van der Waals surface area contributed by atoms with E-state index in [9.17, 15) is 0 Å². The average Bonchev–Trinajstić information content (AvgIpc) is 2.96. The van der Waals surface area contributed by atoms with Gasteiger partial charge in [-0.2, -0.15) is 4.98 Å². The van der Waals surface area contributed by atoms with Gasteiger partial charge in [0.15, 0.2) is 0 Å². The Morgan fingerprint density at radius 1 is 1.00 bits per heavy atom. The van der Waals surface area contributed by atoms with E-state index in [2.05, 4.69) is 29.2 Å². The fraction of sp³-hybridized carbons (Fsp3) is 0.125. The molecule has 0 fully saturated rings. The first kappa shape index (κ1) is 12.9. The highest BCUT2D eigenvalue weighted by Gasteiger charge is 2.08. The highest BCUT2D eigenvalue weighted by molar-refractivity contribution is 7.98. The lowest BCUT2D eigenvalue weighted by Crippen LogP contribution is -1.81. The Hall–Kier alpha value is -2.07. The van der Waals surface area contributed by atoms with Crippen LogP contribution in [0, 0.1) is 6.92 Å². The number of aromatic nitrogens is 2. The third-order valence-electron chi connectivity index (χ3n) is 2.92. The lowest BCUT2D eigenvalue weighted by molar-refractivity contribution is 0.341. The second-order valence-corrected chi connectivity index (χ2v) is 5.45. The standard InChI is InChI=1S/C16H14N2OS/c1-12-7-9-14(10-8-12)15-17-16(19-18-15)20-11-13-5-3-2-4-6-13/h2-10H,11H2,1H3. The third kappa shape index (κ3) is 3.08. The molecule has 0 aliphatic heterocycles. The molecular formula is C16H14N2OS. The summed E-state index contributed by atoms with van der Waals surface area (Å²) in [5, 5.41) is 4.62. The molecule has 0 atom stereocenters. The van der Waals surface area contributed by atoms with Gasteiger partial charge in [-0.15, -0.1) is 0 Å². The summed E-state index contributed by atoms with van der Waals surface area (Å²) in [6, 6.07) is 18.3. The van der Waals surface area contributed by atoms with Crippen LogP contribution >= 0.6 is 11.8 Å². The van der Waals surface area contributed by atoms with Gasteiger partial charge in [0.05, 0.1) is 0 Å². The first-order valence-electron chi connectivity index (χ1n) is 6.39. The molecular weight excluding hydrogens is 268 g/mol. The lowest BCUT2D eigenvalue weighted by atomic mass is 10.1. The smallest absolute Gasteiger partial charge is 0.286 e. The number of hydrogen-bond acceptors (Lipinski definition) is 4. The van der Waals surface area contributed by atoms with Crippen LogP contribution in [0.3, 0.4) is 0 Å². The van der Waals surface area contributed by atoms with Crippen molar-refractivity contribution in [2.24, 2.45) is 0 Å². The van der Waals surface area contributed by atoms with E-state index in [1.54, 1.807) is 11.8 Å². The Kier molecular flexibility index (Phi) is 3.83. The first-order chi connectivity index (χ1) is 9.81. The number of nitrogens with zero attached hydrogens (tertiary/aromatic N) is 2. The van der Waals surface area contributed by atoms with Gasteiger partial charge in [0.1, 0.15) is 0 Å². The predicted octanol–water partition coefficient (Wildman–Crippen LogP) is 4.34. The monoisotopic (exact) mass is 282 g/mol. The molecule has 20 heavy (non-hydrogen) atoms. The maximum absolute atomic E-state index is 5.27. The molecule has 0 saturated carbocycles. The van der Waals surface area contributed by atoms with Crippen LogP contribution in [0.5, 0.6) is 0 Å². The fourth-order valence-electron chi connectivity index (χ4n) is 1.81. The molecule has 0 aliphatic carbocycles. The van der Waals surface area contributed by atoms with Gasteiger partial charge in [0.2, 0.25) is 5.82 Å². The SMILES string of the molecule is Cc1ccc(-c2noc(SCc3ccccc3)n2)cc1. The van der Waals surface area contributed by atoms with Crippen molar-refractivity contribution in [3.05, 3.63) is 65.7 Å². The van der Waals surface area contributed by atoms with Crippen molar-refractivity contribution < 1.29 is 4.52 Å². The largest absolute Gasteiger partial charge is 0.327 e. The van der Waals surface area contributed by atoms with E-state index >= 15 is 0 Å². The molecule has 0 amide bonds. The number of benzene rings is 2. The lowest BCUT2D eigenvalue weighted by Gasteiger charge is -1.96. The Morgan fingerprint density at radius 2 is 1.75 bits per heavy atom. The van der Waals surface area contributed by atoms with Gasteiger partial charge in [0.25, 0.3) is 5.22 Å². The van der Waals surface area contributed by atoms with Gasteiger partial charge in [0, 0.05) is 11.3 Å². The van der Waals surface area contributed by atoms with E-state index < -0.39 is 0 Å². The Labute approximate surface area is 122 Å². The molecule has 1 aromatic heterocycles. The van der Waals surface area contributed by atoms with E-state index in [-0.39, 0.29) is 0 Å². The molecule has 1 heterocycles. The molecule has 100 valence electrons. The van der Waals surface area contributed by atoms with E-state index in [1.165, 1.54) is 11.1 Å². The van der Waals surface area contributed by atoms with Crippen molar-refractivity contribution in [1.29, 1.82) is 0 Å². The molecule has 0 saturated heterocycles. The summed E-state index contributed by atoms with van der Waals surface area (Å²) >= 11 is 1.55. The van der Waals surface area contributed by atoms with Crippen molar-refractivity contribution in [2.45, 2.75) is 17.9 Å². The maximum atomic E-state index is 5.27. The molecule has 4 heteroatoms.